The van der Waals surface area contributed by atoms with Crippen LogP contribution in [0.3, 0.4) is 0 Å². The fourth-order valence-electron chi connectivity index (χ4n) is 4.16. The van der Waals surface area contributed by atoms with Gasteiger partial charge in [0.15, 0.2) is 0 Å². The molecule has 0 aromatic heterocycles. The van der Waals surface area contributed by atoms with Crippen molar-refractivity contribution in [1.29, 1.82) is 0 Å². The Kier molecular flexibility index (Phi) is 5.69. The van der Waals surface area contributed by atoms with Crippen LogP contribution in [-0.4, -0.2) is 49.7 Å². The Morgan fingerprint density at radius 1 is 0.862 bits per heavy atom. The van der Waals surface area contributed by atoms with Gasteiger partial charge in [-0.05, 0) is 67.5 Å². The van der Waals surface area contributed by atoms with Gasteiger partial charge >= 0.3 is 0 Å². The molecule has 29 heavy (non-hydrogen) atoms. The lowest BCUT2D eigenvalue weighted by Gasteiger charge is -2.23. The minimum Gasteiger partial charge on any atom is -0.337 e. The van der Waals surface area contributed by atoms with Crippen molar-refractivity contribution in [1.82, 2.24) is 9.21 Å². The number of carbonyl (C=O) groups excluding carboxylic acids is 1. The van der Waals surface area contributed by atoms with Gasteiger partial charge in [0.25, 0.3) is 5.91 Å². The van der Waals surface area contributed by atoms with Crippen LogP contribution in [0.2, 0.25) is 0 Å². The Morgan fingerprint density at radius 3 is 2.41 bits per heavy atom. The summed E-state index contributed by atoms with van der Waals surface area (Å²) in [4.78, 5) is 14.5. The zero-order chi connectivity index (χ0) is 20.4. The third kappa shape index (κ3) is 4.07. The van der Waals surface area contributed by atoms with E-state index >= 15 is 0 Å². The van der Waals surface area contributed by atoms with Gasteiger partial charge in [-0.3, -0.25) is 4.79 Å². The highest BCUT2D eigenvalue weighted by Crippen LogP contribution is 2.26. The summed E-state index contributed by atoms with van der Waals surface area (Å²) in [6, 6.07) is 11.3. The molecule has 2 aromatic carbocycles. The number of aryl methyl sites for hydroxylation is 2. The molecule has 5 nitrogen and oxygen atoms in total. The highest BCUT2D eigenvalue weighted by atomic mass is 32.2. The van der Waals surface area contributed by atoms with Crippen molar-refractivity contribution in [2.24, 2.45) is 0 Å². The Bertz CT molecular complexity index is 1020. The van der Waals surface area contributed by atoms with Crippen molar-refractivity contribution in [3.05, 3.63) is 65.0 Å². The van der Waals surface area contributed by atoms with Gasteiger partial charge in [0, 0.05) is 26.2 Å². The maximum atomic E-state index is 14.0. The van der Waals surface area contributed by atoms with E-state index in [4.69, 9.17) is 0 Å². The van der Waals surface area contributed by atoms with Crippen LogP contribution in [0.4, 0.5) is 4.39 Å². The first-order valence-corrected chi connectivity index (χ1v) is 11.6. The summed E-state index contributed by atoms with van der Waals surface area (Å²) in [5.41, 5.74) is 2.40. The fourth-order valence-corrected chi connectivity index (χ4v) is 5.68. The summed E-state index contributed by atoms with van der Waals surface area (Å²) < 4.78 is 41.8. The second kappa shape index (κ2) is 8.24. The van der Waals surface area contributed by atoms with Gasteiger partial charge < -0.3 is 4.90 Å². The molecule has 4 rings (SSSR count). The van der Waals surface area contributed by atoms with Crippen LogP contribution in [0.25, 0.3) is 0 Å². The maximum absolute atomic E-state index is 14.0. The zero-order valence-corrected chi connectivity index (χ0v) is 17.1. The third-order valence-electron chi connectivity index (χ3n) is 5.80. The molecule has 154 valence electrons. The lowest BCUT2D eigenvalue weighted by Crippen LogP contribution is -2.37. The number of sulfonamides is 1. The van der Waals surface area contributed by atoms with E-state index in [0.717, 1.165) is 31.2 Å². The third-order valence-corrected chi connectivity index (χ3v) is 7.70. The summed E-state index contributed by atoms with van der Waals surface area (Å²) in [6.45, 7) is 1.21. The number of hydrogen-bond acceptors (Lipinski definition) is 3. The fraction of sp³-hybridized carbons (Fsp3) is 0.409. The van der Waals surface area contributed by atoms with Crippen molar-refractivity contribution >= 4 is 15.9 Å². The van der Waals surface area contributed by atoms with E-state index in [-0.39, 0.29) is 18.7 Å². The second-order valence-corrected chi connectivity index (χ2v) is 9.61. The predicted octanol–water partition coefficient (Wildman–Crippen LogP) is 3.24. The lowest BCUT2D eigenvalue weighted by atomic mass is 9.92. The van der Waals surface area contributed by atoms with Crippen molar-refractivity contribution in [2.75, 3.05) is 26.2 Å². The van der Waals surface area contributed by atoms with Crippen LogP contribution in [-0.2, 0) is 22.9 Å². The normalized spacial score (nSPS) is 18.2. The van der Waals surface area contributed by atoms with E-state index in [1.165, 1.54) is 22.0 Å². The number of carbonyl (C=O) groups is 1. The van der Waals surface area contributed by atoms with Crippen LogP contribution < -0.4 is 0 Å². The van der Waals surface area contributed by atoms with E-state index < -0.39 is 21.7 Å². The van der Waals surface area contributed by atoms with Gasteiger partial charge in [0.2, 0.25) is 10.0 Å². The molecule has 1 aliphatic carbocycles. The molecule has 0 unspecified atom stereocenters. The van der Waals surface area contributed by atoms with Crippen LogP contribution in [0.5, 0.6) is 0 Å². The van der Waals surface area contributed by atoms with Gasteiger partial charge in [-0.1, -0.05) is 18.2 Å². The number of rotatable bonds is 3. The molecule has 1 aliphatic heterocycles. The average Bonchev–Trinajstić information content (AvgIpc) is 3.00. The molecule has 0 radical (unpaired) electrons. The predicted molar refractivity (Wildman–Crippen MR) is 109 cm³/mol. The smallest absolute Gasteiger partial charge is 0.256 e. The molecule has 2 aliphatic rings. The van der Waals surface area contributed by atoms with Crippen molar-refractivity contribution in [2.45, 2.75) is 37.0 Å². The molecule has 0 spiro atoms. The van der Waals surface area contributed by atoms with Crippen LogP contribution in [0.1, 0.15) is 40.7 Å². The van der Waals surface area contributed by atoms with Gasteiger partial charge in [0.05, 0.1) is 10.5 Å². The quantitative estimate of drug-likeness (QED) is 0.772. The minimum atomic E-state index is -3.62. The van der Waals surface area contributed by atoms with E-state index in [1.807, 2.05) is 12.1 Å². The SMILES string of the molecule is O=C(c1ccccc1F)N1CCCN(S(=O)(=O)c2ccc3c(c2)CCCC3)CC1. The highest BCUT2D eigenvalue weighted by molar-refractivity contribution is 7.89. The molecule has 0 saturated carbocycles. The molecule has 1 fully saturated rings. The average molecular weight is 417 g/mol. The standard InChI is InChI=1S/C22H25FN2O3S/c23-21-9-4-3-8-20(21)22(26)24-12-5-13-25(15-14-24)29(27,28)19-11-10-17-6-1-2-7-18(17)16-19/h3-4,8-11,16H,1-2,5-7,12-15H2. The summed E-state index contributed by atoms with van der Waals surface area (Å²) in [5.74, 6) is -0.948. The second-order valence-electron chi connectivity index (χ2n) is 7.67. The molecular weight excluding hydrogens is 391 g/mol. The van der Waals surface area contributed by atoms with Gasteiger partial charge in [-0.2, -0.15) is 4.31 Å². The van der Waals surface area contributed by atoms with Gasteiger partial charge in [-0.15, -0.1) is 0 Å². The summed E-state index contributed by atoms with van der Waals surface area (Å²) >= 11 is 0. The molecule has 0 atom stereocenters. The molecule has 2 aromatic rings. The zero-order valence-electron chi connectivity index (χ0n) is 16.3. The van der Waals surface area contributed by atoms with E-state index in [9.17, 15) is 17.6 Å². The van der Waals surface area contributed by atoms with Crippen molar-refractivity contribution < 1.29 is 17.6 Å². The first-order valence-electron chi connectivity index (χ1n) is 10.1. The topological polar surface area (TPSA) is 57.7 Å². The highest BCUT2D eigenvalue weighted by Gasteiger charge is 2.29. The number of benzene rings is 2. The Labute approximate surface area is 171 Å². The van der Waals surface area contributed by atoms with Crippen LogP contribution >= 0.6 is 0 Å². The Morgan fingerprint density at radius 2 is 1.62 bits per heavy atom. The maximum Gasteiger partial charge on any atom is 0.256 e. The number of fused-ring (bicyclic) bond motifs is 1. The first-order chi connectivity index (χ1) is 14.0. The number of halogens is 1. The minimum absolute atomic E-state index is 0.0264. The molecule has 7 heteroatoms. The molecular formula is C22H25FN2O3S. The van der Waals surface area contributed by atoms with Gasteiger partial charge in [0.1, 0.15) is 5.82 Å². The molecule has 1 amide bonds. The van der Waals surface area contributed by atoms with E-state index in [1.54, 1.807) is 23.1 Å². The summed E-state index contributed by atoms with van der Waals surface area (Å²) in [6.07, 6.45) is 4.69. The van der Waals surface area contributed by atoms with E-state index in [0.29, 0.717) is 24.4 Å². The molecule has 1 saturated heterocycles. The molecule has 1 heterocycles. The summed E-state index contributed by atoms with van der Waals surface area (Å²) in [5, 5.41) is 0. The van der Waals surface area contributed by atoms with Gasteiger partial charge in [-0.25, -0.2) is 12.8 Å². The molecule has 0 N–H and O–H groups in total. The first kappa shape index (κ1) is 20.0. The Balaban J connectivity index is 1.50. The van der Waals surface area contributed by atoms with Crippen LogP contribution in [0.15, 0.2) is 47.4 Å². The molecule has 0 bridgehead atoms. The van der Waals surface area contributed by atoms with Crippen molar-refractivity contribution in [3.8, 4) is 0 Å². The summed E-state index contributed by atoms with van der Waals surface area (Å²) in [7, 11) is -3.62. The number of hydrogen-bond donors (Lipinski definition) is 0. The lowest BCUT2D eigenvalue weighted by molar-refractivity contribution is 0.0759. The van der Waals surface area contributed by atoms with Crippen molar-refractivity contribution in [3.63, 3.8) is 0 Å². The monoisotopic (exact) mass is 416 g/mol. The largest absolute Gasteiger partial charge is 0.337 e. The van der Waals surface area contributed by atoms with Crippen LogP contribution in [0, 0.1) is 5.82 Å². The van der Waals surface area contributed by atoms with E-state index in [2.05, 4.69) is 0 Å². The Hall–Kier alpha value is -2.25. The number of amides is 1. The number of nitrogens with zero attached hydrogens (tertiary/aromatic N) is 2.